The Morgan fingerprint density at radius 1 is 0.364 bits per heavy atom. The molecule has 0 aliphatic rings. The van der Waals surface area contributed by atoms with Gasteiger partial charge in [-0.2, -0.15) is 0 Å². The van der Waals surface area contributed by atoms with E-state index >= 15 is 0 Å². The summed E-state index contributed by atoms with van der Waals surface area (Å²) in [5.41, 5.74) is 11.7. The molecule has 9 aromatic carbocycles. The fourth-order valence-corrected chi connectivity index (χ4v) is 9.69. The van der Waals surface area contributed by atoms with Gasteiger partial charge in [0.05, 0.1) is 16.7 Å². The van der Waals surface area contributed by atoms with Gasteiger partial charge in [-0.15, -0.1) is 11.3 Å². The van der Waals surface area contributed by atoms with E-state index < -0.39 is 0 Å². The average Bonchev–Trinajstić information content (AvgIpc) is 3.80. The first-order valence-corrected chi connectivity index (χ1v) is 19.6. The van der Waals surface area contributed by atoms with Crippen LogP contribution in [0, 0.1) is 0 Å². The van der Waals surface area contributed by atoms with Crippen LogP contribution in [-0.4, -0.2) is 4.57 Å². The van der Waals surface area contributed by atoms with Gasteiger partial charge in [0.1, 0.15) is 0 Å². The first-order chi connectivity index (χ1) is 27.3. The second-order valence-corrected chi connectivity index (χ2v) is 15.2. The van der Waals surface area contributed by atoms with Crippen molar-refractivity contribution >= 4 is 81.1 Å². The van der Waals surface area contributed by atoms with E-state index in [2.05, 4.69) is 216 Å². The summed E-state index contributed by atoms with van der Waals surface area (Å²) in [5.74, 6) is 0. The van der Waals surface area contributed by atoms with Crippen molar-refractivity contribution in [2.45, 2.75) is 0 Å². The van der Waals surface area contributed by atoms with Crippen LogP contribution in [0.2, 0.25) is 0 Å². The van der Waals surface area contributed by atoms with Gasteiger partial charge in [-0.25, -0.2) is 0 Å². The third-order valence-corrected chi connectivity index (χ3v) is 12.1. The minimum Gasteiger partial charge on any atom is -0.310 e. The lowest BCUT2D eigenvalue weighted by Gasteiger charge is -2.28. The monoisotopic (exact) mass is 718 g/mol. The highest BCUT2D eigenvalue weighted by Gasteiger charge is 2.21. The second-order valence-electron chi connectivity index (χ2n) is 14.1. The molecule has 11 rings (SSSR count). The van der Waals surface area contributed by atoms with E-state index in [1.807, 2.05) is 11.3 Å². The Labute approximate surface area is 323 Å². The number of rotatable bonds is 6. The number of hydrogen-bond donors (Lipinski definition) is 0. The molecule has 2 nitrogen and oxygen atoms in total. The molecule has 0 aliphatic carbocycles. The number of nitrogens with zero attached hydrogens (tertiary/aromatic N) is 2. The summed E-state index contributed by atoms with van der Waals surface area (Å²) in [4.78, 5) is 2.44. The highest BCUT2D eigenvalue weighted by Crippen LogP contribution is 2.46. The van der Waals surface area contributed by atoms with Gasteiger partial charge < -0.3 is 9.47 Å². The SMILES string of the molecule is c1ccc(-c2ccccc2N(c2cccc(-c3cc4c(c5ccccc35)c3ccccc3n4-c3ccccc3)c2)c2ccc3c(c2)sc2ccccc23)cc1. The van der Waals surface area contributed by atoms with E-state index in [9.17, 15) is 0 Å². The number of hydrogen-bond acceptors (Lipinski definition) is 2. The van der Waals surface area contributed by atoms with Crippen LogP contribution in [0.5, 0.6) is 0 Å². The lowest BCUT2D eigenvalue weighted by atomic mass is 9.94. The van der Waals surface area contributed by atoms with Crippen LogP contribution in [0.1, 0.15) is 0 Å². The summed E-state index contributed by atoms with van der Waals surface area (Å²) in [6, 6.07) is 75.2. The fourth-order valence-electron chi connectivity index (χ4n) is 8.55. The van der Waals surface area contributed by atoms with Gasteiger partial charge in [0.25, 0.3) is 0 Å². The summed E-state index contributed by atoms with van der Waals surface area (Å²) in [5, 5.41) is 7.65. The zero-order valence-electron chi connectivity index (χ0n) is 29.9. The minimum atomic E-state index is 1.11. The molecule has 0 N–H and O–H groups in total. The van der Waals surface area contributed by atoms with Crippen molar-refractivity contribution in [2.24, 2.45) is 0 Å². The van der Waals surface area contributed by atoms with Crippen molar-refractivity contribution in [3.05, 3.63) is 206 Å². The summed E-state index contributed by atoms with van der Waals surface area (Å²) in [6.45, 7) is 0. The smallest absolute Gasteiger partial charge is 0.0553 e. The van der Waals surface area contributed by atoms with Gasteiger partial charge in [-0.1, -0.05) is 146 Å². The number of benzene rings is 9. The molecule has 2 aromatic heterocycles. The van der Waals surface area contributed by atoms with E-state index in [1.165, 1.54) is 75.0 Å². The number of anilines is 3. The standard InChI is InChI=1S/C52H34N2S/c1-3-16-35(17-4-1)40-22-9-12-27-47(40)53(39-30-31-43-42-24-11-14-29-50(42)55-51(43)33-39)38-21-15-18-36(32-38)46-34-49-52(44-25-8-7-23-41(44)46)45-26-10-13-28-48(45)54(49)37-19-5-2-6-20-37/h1-34H. The zero-order chi connectivity index (χ0) is 36.3. The Balaban J connectivity index is 1.17. The largest absolute Gasteiger partial charge is 0.310 e. The molecule has 0 amide bonds. The summed E-state index contributed by atoms with van der Waals surface area (Å²) in [7, 11) is 0. The van der Waals surface area contributed by atoms with Crippen LogP contribution < -0.4 is 4.90 Å². The zero-order valence-corrected chi connectivity index (χ0v) is 30.7. The number of aromatic nitrogens is 1. The van der Waals surface area contributed by atoms with Crippen molar-refractivity contribution in [2.75, 3.05) is 4.90 Å². The molecule has 0 saturated carbocycles. The van der Waals surface area contributed by atoms with Gasteiger partial charge in [-0.3, -0.25) is 0 Å². The maximum Gasteiger partial charge on any atom is 0.0553 e. The molecule has 0 aliphatic heterocycles. The van der Waals surface area contributed by atoms with E-state index in [0.717, 1.165) is 22.7 Å². The molecule has 0 unspecified atom stereocenters. The number of fused-ring (bicyclic) bond motifs is 8. The second kappa shape index (κ2) is 12.9. The van der Waals surface area contributed by atoms with Gasteiger partial charge in [0.2, 0.25) is 0 Å². The number of para-hydroxylation sites is 3. The Morgan fingerprint density at radius 2 is 1.00 bits per heavy atom. The molecule has 11 aromatic rings. The quantitative estimate of drug-likeness (QED) is 0.166. The molecular formula is C52H34N2S. The first-order valence-electron chi connectivity index (χ1n) is 18.8. The third-order valence-electron chi connectivity index (χ3n) is 11.0. The van der Waals surface area contributed by atoms with Crippen molar-refractivity contribution in [3.8, 4) is 27.9 Å². The molecule has 0 fully saturated rings. The highest BCUT2D eigenvalue weighted by molar-refractivity contribution is 7.25. The van der Waals surface area contributed by atoms with Crippen molar-refractivity contribution < 1.29 is 0 Å². The van der Waals surface area contributed by atoms with Crippen molar-refractivity contribution in [3.63, 3.8) is 0 Å². The van der Waals surface area contributed by atoms with Gasteiger partial charge in [-0.05, 0) is 88.1 Å². The first kappa shape index (κ1) is 31.6. The molecule has 2 heterocycles. The lowest BCUT2D eigenvalue weighted by molar-refractivity contribution is 1.18. The third kappa shape index (κ3) is 5.16. The van der Waals surface area contributed by atoms with Crippen LogP contribution in [-0.2, 0) is 0 Å². The minimum absolute atomic E-state index is 1.11. The van der Waals surface area contributed by atoms with E-state index in [4.69, 9.17) is 0 Å². The predicted octanol–water partition coefficient (Wildman–Crippen LogP) is 15.1. The Hall–Kier alpha value is -6.94. The molecule has 258 valence electrons. The molecule has 0 bridgehead atoms. The number of thiophene rings is 1. The molecule has 0 saturated heterocycles. The van der Waals surface area contributed by atoms with Crippen LogP contribution in [0.4, 0.5) is 17.1 Å². The lowest BCUT2D eigenvalue weighted by Crippen LogP contribution is -2.11. The van der Waals surface area contributed by atoms with Crippen LogP contribution >= 0.6 is 11.3 Å². The highest BCUT2D eigenvalue weighted by atomic mass is 32.1. The van der Waals surface area contributed by atoms with E-state index in [1.54, 1.807) is 0 Å². The van der Waals surface area contributed by atoms with Gasteiger partial charge >= 0.3 is 0 Å². The van der Waals surface area contributed by atoms with Gasteiger partial charge in [0, 0.05) is 53.6 Å². The fraction of sp³-hybridized carbons (Fsp3) is 0. The Kier molecular flexibility index (Phi) is 7.39. The molecular weight excluding hydrogens is 685 g/mol. The maximum absolute atomic E-state index is 2.44. The summed E-state index contributed by atoms with van der Waals surface area (Å²) in [6.07, 6.45) is 0. The average molecular weight is 719 g/mol. The maximum atomic E-state index is 2.44. The molecule has 3 heteroatoms. The van der Waals surface area contributed by atoms with E-state index in [0.29, 0.717) is 0 Å². The van der Waals surface area contributed by atoms with Crippen molar-refractivity contribution in [1.29, 1.82) is 0 Å². The Morgan fingerprint density at radius 3 is 1.85 bits per heavy atom. The van der Waals surface area contributed by atoms with Crippen LogP contribution in [0.25, 0.3) is 80.7 Å². The van der Waals surface area contributed by atoms with Crippen LogP contribution in [0.15, 0.2) is 206 Å². The van der Waals surface area contributed by atoms with Crippen LogP contribution in [0.3, 0.4) is 0 Å². The molecule has 0 atom stereocenters. The summed E-state index contributed by atoms with van der Waals surface area (Å²) >= 11 is 1.86. The molecule has 55 heavy (non-hydrogen) atoms. The predicted molar refractivity (Wildman–Crippen MR) is 237 cm³/mol. The molecule has 0 radical (unpaired) electrons. The van der Waals surface area contributed by atoms with E-state index in [-0.39, 0.29) is 0 Å². The molecule has 0 spiro atoms. The Bertz CT molecular complexity index is 3210. The normalized spacial score (nSPS) is 11.6. The summed E-state index contributed by atoms with van der Waals surface area (Å²) < 4.78 is 5.01. The topological polar surface area (TPSA) is 8.17 Å². The van der Waals surface area contributed by atoms with Crippen molar-refractivity contribution in [1.82, 2.24) is 4.57 Å². The van der Waals surface area contributed by atoms with Gasteiger partial charge in [0.15, 0.2) is 0 Å².